The molecule has 0 aromatic carbocycles. The maximum Gasteiger partial charge on any atom is 0.273 e. The lowest BCUT2D eigenvalue weighted by Crippen LogP contribution is -2.17. The summed E-state index contributed by atoms with van der Waals surface area (Å²) in [7, 11) is 0. The van der Waals surface area contributed by atoms with Crippen LogP contribution in [0.5, 0.6) is 0 Å². The summed E-state index contributed by atoms with van der Waals surface area (Å²) in [6, 6.07) is 7.15. The number of rotatable bonds is 3. The van der Waals surface area contributed by atoms with Gasteiger partial charge >= 0.3 is 0 Å². The van der Waals surface area contributed by atoms with Crippen LogP contribution in [0, 0.1) is 0 Å². The molecular weight excluding hydrogens is 264 g/mol. The van der Waals surface area contributed by atoms with Crippen LogP contribution in [0.4, 0.5) is 11.5 Å². The lowest BCUT2D eigenvalue weighted by Gasteiger charge is -2.08. The van der Waals surface area contributed by atoms with Crippen LogP contribution >= 0.6 is 11.6 Å². The second-order valence-electron chi connectivity index (χ2n) is 4.60. The van der Waals surface area contributed by atoms with Crippen LogP contribution in [0.3, 0.4) is 0 Å². The topological polar surface area (TPSA) is 72.9 Å². The van der Waals surface area contributed by atoms with E-state index in [1.165, 1.54) is 0 Å². The Balaban J connectivity index is 1.84. The maximum absolute atomic E-state index is 12.2. The van der Waals surface area contributed by atoms with E-state index >= 15 is 0 Å². The Morgan fingerprint density at radius 1 is 1.47 bits per heavy atom. The number of carbonyl (C=O) groups is 1. The van der Waals surface area contributed by atoms with Gasteiger partial charge in [-0.25, -0.2) is 4.98 Å². The van der Waals surface area contributed by atoms with E-state index in [0.717, 1.165) is 12.8 Å². The smallest absolute Gasteiger partial charge is 0.273 e. The van der Waals surface area contributed by atoms with Crippen LogP contribution in [-0.2, 0) is 0 Å². The van der Waals surface area contributed by atoms with Crippen LogP contribution in [0.2, 0.25) is 5.15 Å². The molecule has 0 unspecified atom stereocenters. The van der Waals surface area contributed by atoms with Crippen molar-refractivity contribution >= 4 is 29.0 Å². The van der Waals surface area contributed by atoms with Gasteiger partial charge in [-0.15, -0.1) is 0 Å². The van der Waals surface area contributed by atoms with Gasteiger partial charge < -0.3 is 15.6 Å². The molecule has 2 aromatic heterocycles. The molecule has 6 heteroatoms. The molecular formula is C13H13ClN4O. The Labute approximate surface area is 115 Å². The molecule has 2 aromatic rings. The first-order valence-electron chi connectivity index (χ1n) is 6.05. The molecule has 5 nitrogen and oxygen atoms in total. The first-order chi connectivity index (χ1) is 9.13. The predicted octanol–water partition coefficient (Wildman–Crippen LogP) is 2.71. The minimum Gasteiger partial charge on any atom is -0.397 e. The molecule has 1 saturated carbocycles. The lowest BCUT2D eigenvalue weighted by atomic mass is 10.3. The molecule has 98 valence electrons. The number of halogens is 1. The number of anilines is 2. The first kappa shape index (κ1) is 12.0. The van der Waals surface area contributed by atoms with Crippen LogP contribution in [-0.4, -0.2) is 15.5 Å². The maximum atomic E-state index is 12.2. The van der Waals surface area contributed by atoms with Gasteiger partial charge in [0, 0.05) is 12.2 Å². The zero-order valence-electron chi connectivity index (χ0n) is 10.1. The molecule has 0 spiro atoms. The molecule has 0 atom stereocenters. The number of amides is 1. The lowest BCUT2D eigenvalue weighted by molar-refractivity contribution is 0.101. The van der Waals surface area contributed by atoms with Gasteiger partial charge in [0.15, 0.2) is 0 Å². The molecule has 0 radical (unpaired) electrons. The highest BCUT2D eigenvalue weighted by Gasteiger charge is 2.27. The molecule has 3 rings (SSSR count). The van der Waals surface area contributed by atoms with Gasteiger partial charge in [-0.3, -0.25) is 4.79 Å². The quantitative estimate of drug-likeness (QED) is 0.847. The number of hydrogen-bond donors (Lipinski definition) is 2. The van der Waals surface area contributed by atoms with Gasteiger partial charge in [0.2, 0.25) is 0 Å². The van der Waals surface area contributed by atoms with Crippen molar-refractivity contribution in [2.24, 2.45) is 0 Å². The van der Waals surface area contributed by atoms with E-state index in [0.29, 0.717) is 28.4 Å². The molecule has 1 fully saturated rings. The van der Waals surface area contributed by atoms with Crippen LogP contribution in [0.1, 0.15) is 29.4 Å². The van der Waals surface area contributed by atoms with Crippen molar-refractivity contribution in [3.8, 4) is 0 Å². The van der Waals surface area contributed by atoms with Gasteiger partial charge in [0.1, 0.15) is 16.7 Å². The summed E-state index contributed by atoms with van der Waals surface area (Å²) in [5, 5.41) is 3.07. The second kappa shape index (κ2) is 4.59. The van der Waals surface area contributed by atoms with Crippen LogP contribution < -0.4 is 11.1 Å². The SMILES string of the molecule is Nc1cc(C(=O)Nc2cccc(Cl)n2)n(C2CC2)c1. The first-order valence-corrected chi connectivity index (χ1v) is 6.42. The normalized spacial score (nSPS) is 14.4. The molecule has 1 aliphatic rings. The molecule has 1 aliphatic carbocycles. The third-order valence-corrected chi connectivity index (χ3v) is 3.21. The van der Waals surface area contributed by atoms with Crippen molar-refractivity contribution < 1.29 is 4.79 Å². The van der Waals surface area contributed by atoms with E-state index in [4.69, 9.17) is 17.3 Å². The number of aromatic nitrogens is 2. The Kier molecular flexibility index (Phi) is 2.91. The monoisotopic (exact) mass is 276 g/mol. The number of nitrogens with two attached hydrogens (primary N) is 1. The molecule has 19 heavy (non-hydrogen) atoms. The van der Waals surface area contributed by atoms with Gasteiger partial charge in [0.25, 0.3) is 5.91 Å². The average molecular weight is 277 g/mol. The number of carbonyl (C=O) groups excluding carboxylic acids is 1. The summed E-state index contributed by atoms with van der Waals surface area (Å²) < 4.78 is 1.93. The average Bonchev–Trinajstić information content (AvgIpc) is 3.12. The van der Waals surface area contributed by atoms with Gasteiger partial charge in [0.05, 0.1) is 5.69 Å². The van der Waals surface area contributed by atoms with Gasteiger partial charge in [-0.05, 0) is 31.0 Å². The standard InChI is InChI=1S/C13H13ClN4O/c14-11-2-1-3-12(16-11)17-13(19)10-6-8(15)7-18(10)9-4-5-9/h1-3,6-7,9H,4-5,15H2,(H,16,17,19). The molecule has 3 N–H and O–H groups in total. The summed E-state index contributed by atoms with van der Waals surface area (Å²) in [6.07, 6.45) is 3.98. The Morgan fingerprint density at radius 2 is 2.26 bits per heavy atom. The zero-order valence-corrected chi connectivity index (χ0v) is 10.9. The fraction of sp³-hybridized carbons (Fsp3) is 0.231. The van der Waals surface area contributed by atoms with Crippen molar-refractivity contribution in [1.29, 1.82) is 0 Å². The van der Waals surface area contributed by atoms with E-state index in [2.05, 4.69) is 10.3 Å². The number of pyridine rings is 1. The fourth-order valence-corrected chi connectivity index (χ4v) is 2.16. The number of nitrogens with zero attached hydrogens (tertiary/aromatic N) is 2. The summed E-state index contributed by atoms with van der Waals surface area (Å²) in [6.45, 7) is 0. The minimum atomic E-state index is -0.224. The predicted molar refractivity (Wildman–Crippen MR) is 74.3 cm³/mol. The third kappa shape index (κ3) is 2.56. The van der Waals surface area contributed by atoms with Crippen molar-refractivity contribution in [1.82, 2.24) is 9.55 Å². The van der Waals surface area contributed by atoms with Crippen LogP contribution in [0.25, 0.3) is 0 Å². The van der Waals surface area contributed by atoms with Crippen molar-refractivity contribution in [3.05, 3.63) is 41.3 Å². The third-order valence-electron chi connectivity index (χ3n) is 3.00. The summed E-state index contributed by atoms with van der Waals surface area (Å²) in [5.41, 5.74) is 6.91. The van der Waals surface area contributed by atoms with Crippen LogP contribution in [0.15, 0.2) is 30.5 Å². The highest BCUT2D eigenvalue weighted by Crippen LogP contribution is 2.37. The number of nitrogen functional groups attached to an aromatic ring is 1. The van der Waals surface area contributed by atoms with Gasteiger partial charge in [-0.2, -0.15) is 0 Å². The second-order valence-corrected chi connectivity index (χ2v) is 4.98. The molecule has 2 heterocycles. The minimum absolute atomic E-state index is 0.224. The Bertz CT molecular complexity index is 633. The Morgan fingerprint density at radius 3 is 2.95 bits per heavy atom. The summed E-state index contributed by atoms with van der Waals surface area (Å²) >= 11 is 5.78. The van der Waals surface area contributed by atoms with Crippen molar-refractivity contribution in [2.75, 3.05) is 11.1 Å². The summed E-state index contributed by atoms with van der Waals surface area (Å²) in [4.78, 5) is 16.2. The highest BCUT2D eigenvalue weighted by molar-refractivity contribution is 6.29. The Hall–Kier alpha value is -2.01. The molecule has 0 aliphatic heterocycles. The largest absolute Gasteiger partial charge is 0.397 e. The van der Waals surface area contributed by atoms with Crippen molar-refractivity contribution in [2.45, 2.75) is 18.9 Å². The molecule has 0 saturated heterocycles. The number of nitrogens with one attached hydrogen (secondary N) is 1. The van der Waals surface area contributed by atoms with E-state index in [9.17, 15) is 4.79 Å². The van der Waals surface area contributed by atoms with E-state index in [1.807, 2.05) is 4.57 Å². The molecule has 0 bridgehead atoms. The number of hydrogen-bond acceptors (Lipinski definition) is 3. The van der Waals surface area contributed by atoms with E-state index in [-0.39, 0.29) is 5.91 Å². The molecule has 1 amide bonds. The van der Waals surface area contributed by atoms with Crippen molar-refractivity contribution in [3.63, 3.8) is 0 Å². The highest BCUT2D eigenvalue weighted by atomic mass is 35.5. The fourth-order valence-electron chi connectivity index (χ4n) is 2.00. The summed E-state index contributed by atoms with van der Waals surface area (Å²) in [5.74, 6) is 0.206. The van der Waals surface area contributed by atoms with E-state index in [1.54, 1.807) is 30.5 Å². The van der Waals surface area contributed by atoms with Gasteiger partial charge in [-0.1, -0.05) is 17.7 Å². The zero-order chi connectivity index (χ0) is 13.4. The van der Waals surface area contributed by atoms with E-state index < -0.39 is 0 Å².